The number of fused-ring (bicyclic) bond motifs is 4. The molecule has 1 amide bonds. The quantitative estimate of drug-likeness (QED) is 0.761. The van der Waals surface area contributed by atoms with Crippen molar-refractivity contribution in [3.63, 3.8) is 0 Å². The number of nitrogens with zero attached hydrogens (tertiary/aromatic N) is 2. The molecular formula is C21H30N2O4. The van der Waals surface area contributed by atoms with E-state index in [2.05, 4.69) is 17.0 Å². The van der Waals surface area contributed by atoms with E-state index in [1.807, 2.05) is 39.0 Å². The van der Waals surface area contributed by atoms with Gasteiger partial charge in [0.1, 0.15) is 11.6 Å². The molecule has 148 valence electrons. The highest BCUT2D eigenvalue weighted by Gasteiger charge is 2.48. The summed E-state index contributed by atoms with van der Waals surface area (Å²) < 4.78 is 10.7. The van der Waals surface area contributed by atoms with E-state index in [-0.39, 0.29) is 12.0 Å². The fraction of sp³-hybridized carbons (Fsp3) is 0.619. The summed E-state index contributed by atoms with van der Waals surface area (Å²) in [6, 6.07) is 9.53. The van der Waals surface area contributed by atoms with Gasteiger partial charge < -0.3 is 9.47 Å². The normalized spacial score (nSPS) is 25.8. The Kier molecular flexibility index (Phi) is 5.75. The minimum absolute atomic E-state index is 0.0658. The van der Waals surface area contributed by atoms with Crippen molar-refractivity contribution in [2.45, 2.75) is 57.8 Å². The molecule has 3 fully saturated rings. The van der Waals surface area contributed by atoms with Gasteiger partial charge in [-0.1, -0.05) is 30.3 Å². The maximum absolute atomic E-state index is 12.9. The van der Waals surface area contributed by atoms with Gasteiger partial charge in [-0.25, -0.2) is 9.59 Å². The lowest BCUT2D eigenvalue weighted by Crippen LogP contribution is -2.56. The van der Waals surface area contributed by atoms with Crippen LogP contribution < -0.4 is 0 Å². The molecule has 0 N–H and O–H groups in total. The fourth-order valence-electron chi connectivity index (χ4n) is 4.17. The SMILES string of the molecule is COC(=O)[C@H]1[C@H]2CC[C@H](CN2Cc2ccccc2)CN1C(=O)OC(C)(C)C. The second kappa shape index (κ2) is 7.89. The first-order valence-corrected chi connectivity index (χ1v) is 9.64. The molecule has 1 aromatic carbocycles. The first-order valence-electron chi connectivity index (χ1n) is 9.64. The van der Waals surface area contributed by atoms with Crippen LogP contribution in [0.4, 0.5) is 4.79 Å². The number of carbonyl (C=O) groups is 2. The van der Waals surface area contributed by atoms with Gasteiger partial charge in [0.05, 0.1) is 7.11 Å². The third-order valence-corrected chi connectivity index (χ3v) is 5.29. The second-order valence-corrected chi connectivity index (χ2v) is 8.53. The monoisotopic (exact) mass is 374 g/mol. The maximum atomic E-state index is 12.9. The zero-order valence-electron chi connectivity index (χ0n) is 16.7. The molecule has 0 unspecified atom stereocenters. The van der Waals surface area contributed by atoms with E-state index >= 15 is 0 Å². The van der Waals surface area contributed by atoms with Crippen molar-refractivity contribution < 1.29 is 19.1 Å². The molecule has 3 saturated heterocycles. The van der Waals surface area contributed by atoms with E-state index in [9.17, 15) is 9.59 Å². The molecule has 0 aliphatic carbocycles. The molecule has 1 aromatic rings. The van der Waals surface area contributed by atoms with E-state index in [0.29, 0.717) is 12.5 Å². The van der Waals surface area contributed by atoms with Crippen LogP contribution in [0.3, 0.4) is 0 Å². The summed E-state index contributed by atoms with van der Waals surface area (Å²) in [5.74, 6) is -0.0430. The molecule has 3 aliphatic rings. The molecule has 2 bridgehead atoms. The Balaban J connectivity index is 1.87. The van der Waals surface area contributed by atoms with Crippen LogP contribution >= 0.6 is 0 Å². The van der Waals surface area contributed by atoms with Crippen LogP contribution in [0.2, 0.25) is 0 Å². The summed E-state index contributed by atoms with van der Waals surface area (Å²) >= 11 is 0. The number of esters is 1. The van der Waals surface area contributed by atoms with Gasteiger partial charge in [0.25, 0.3) is 0 Å². The Labute approximate surface area is 161 Å². The average molecular weight is 374 g/mol. The maximum Gasteiger partial charge on any atom is 0.411 e. The van der Waals surface area contributed by atoms with Crippen LogP contribution in [-0.4, -0.2) is 59.7 Å². The lowest BCUT2D eigenvalue weighted by Gasteiger charge is -2.39. The molecular weight excluding hydrogens is 344 g/mol. The number of hydrogen-bond donors (Lipinski definition) is 0. The zero-order chi connectivity index (χ0) is 19.6. The van der Waals surface area contributed by atoms with E-state index in [4.69, 9.17) is 9.47 Å². The molecule has 3 aliphatic heterocycles. The van der Waals surface area contributed by atoms with Crippen LogP contribution in [-0.2, 0) is 20.8 Å². The van der Waals surface area contributed by atoms with Gasteiger partial charge in [-0.2, -0.15) is 0 Å². The van der Waals surface area contributed by atoms with Crippen molar-refractivity contribution in [1.82, 2.24) is 9.80 Å². The van der Waals surface area contributed by atoms with E-state index in [1.165, 1.54) is 12.7 Å². The van der Waals surface area contributed by atoms with Gasteiger partial charge in [-0.3, -0.25) is 9.80 Å². The van der Waals surface area contributed by atoms with Gasteiger partial charge >= 0.3 is 12.1 Å². The molecule has 0 radical (unpaired) electrons. The fourth-order valence-corrected chi connectivity index (χ4v) is 4.17. The standard InChI is InChI=1S/C21H30N2O4/c1-21(2,3)27-20(25)23-14-16-10-11-17(18(23)19(24)26-4)22(13-16)12-15-8-6-5-7-9-15/h5-9,16-18H,10-14H2,1-4H3/t16-,17-,18-/m1/s1. The van der Waals surface area contributed by atoms with Gasteiger partial charge in [0.2, 0.25) is 0 Å². The Morgan fingerprint density at radius 3 is 2.44 bits per heavy atom. The molecule has 0 saturated carbocycles. The molecule has 0 aromatic heterocycles. The van der Waals surface area contributed by atoms with Gasteiger partial charge in [0.15, 0.2) is 0 Å². The number of amides is 1. The van der Waals surface area contributed by atoms with Crippen molar-refractivity contribution >= 4 is 12.1 Å². The first kappa shape index (κ1) is 19.7. The van der Waals surface area contributed by atoms with Gasteiger partial charge in [-0.05, 0) is 45.1 Å². The molecule has 3 atom stereocenters. The summed E-state index contributed by atoms with van der Waals surface area (Å²) in [6.07, 6.45) is 1.44. The van der Waals surface area contributed by atoms with Crippen molar-refractivity contribution in [2.24, 2.45) is 5.92 Å². The Morgan fingerprint density at radius 1 is 1.11 bits per heavy atom. The highest BCUT2D eigenvalue weighted by molar-refractivity contribution is 5.82. The van der Waals surface area contributed by atoms with Crippen LogP contribution in [0.5, 0.6) is 0 Å². The number of rotatable bonds is 3. The van der Waals surface area contributed by atoms with Crippen molar-refractivity contribution in [2.75, 3.05) is 20.2 Å². The van der Waals surface area contributed by atoms with Crippen LogP contribution in [0.25, 0.3) is 0 Å². The van der Waals surface area contributed by atoms with Crippen molar-refractivity contribution in [3.8, 4) is 0 Å². The minimum Gasteiger partial charge on any atom is -0.467 e. The van der Waals surface area contributed by atoms with Crippen LogP contribution in [0.1, 0.15) is 39.2 Å². The summed E-state index contributed by atoms with van der Waals surface area (Å²) in [5.41, 5.74) is 0.602. The molecule has 6 heteroatoms. The number of carbonyl (C=O) groups excluding carboxylic acids is 2. The summed E-state index contributed by atoms with van der Waals surface area (Å²) in [4.78, 5) is 29.5. The zero-order valence-corrected chi connectivity index (χ0v) is 16.7. The van der Waals surface area contributed by atoms with Crippen molar-refractivity contribution in [3.05, 3.63) is 35.9 Å². The van der Waals surface area contributed by atoms with E-state index < -0.39 is 17.7 Å². The highest BCUT2D eigenvalue weighted by atomic mass is 16.6. The molecule has 6 nitrogen and oxygen atoms in total. The number of hydrogen-bond acceptors (Lipinski definition) is 5. The van der Waals surface area contributed by atoms with E-state index in [1.54, 1.807) is 4.90 Å². The largest absolute Gasteiger partial charge is 0.467 e. The highest BCUT2D eigenvalue weighted by Crippen LogP contribution is 2.34. The lowest BCUT2D eigenvalue weighted by atomic mass is 9.91. The van der Waals surface area contributed by atoms with Gasteiger partial charge in [-0.15, -0.1) is 0 Å². The first-order chi connectivity index (χ1) is 12.8. The third kappa shape index (κ3) is 4.61. The smallest absolute Gasteiger partial charge is 0.411 e. The molecule has 3 heterocycles. The van der Waals surface area contributed by atoms with Gasteiger partial charge in [0, 0.05) is 25.7 Å². The summed E-state index contributed by atoms with van der Waals surface area (Å²) in [7, 11) is 1.38. The summed E-state index contributed by atoms with van der Waals surface area (Å²) in [5, 5.41) is 0. The van der Waals surface area contributed by atoms with Crippen molar-refractivity contribution in [1.29, 1.82) is 0 Å². The molecule has 4 rings (SSSR count). The number of piperidine rings is 1. The Morgan fingerprint density at radius 2 is 1.81 bits per heavy atom. The second-order valence-electron chi connectivity index (χ2n) is 8.53. The average Bonchev–Trinajstić information content (AvgIpc) is 2.89. The van der Waals surface area contributed by atoms with Crippen LogP contribution in [0, 0.1) is 5.92 Å². The number of ether oxygens (including phenoxy) is 2. The molecule has 0 spiro atoms. The Hall–Kier alpha value is -2.08. The topological polar surface area (TPSA) is 59.1 Å². The number of methoxy groups -OCH3 is 1. The summed E-state index contributed by atoms with van der Waals surface area (Å²) in [6.45, 7) is 7.67. The number of benzene rings is 1. The lowest BCUT2D eigenvalue weighted by molar-refractivity contribution is -0.149. The van der Waals surface area contributed by atoms with Crippen LogP contribution in [0.15, 0.2) is 30.3 Å². The predicted molar refractivity (Wildman–Crippen MR) is 102 cm³/mol. The Bertz CT molecular complexity index is 671. The minimum atomic E-state index is -0.638. The predicted octanol–water partition coefficient (Wildman–Crippen LogP) is 3.06. The van der Waals surface area contributed by atoms with E-state index in [0.717, 1.165) is 25.9 Å². The molecule has 27 heavy (non-hydrogen) atoms. The third-order valence-electron chi connectivity index (χ3n) is 5.29.